The van der Waals surface area contributed by atoms with Crippen molar-refractivity contribution in [3.05, 3.63) is 47.8 Å². The standard InChI is InChI=1S/C14H15FN4O/c15-12-3-1-11(2-4-12)13(20)5-6-18-7-8-19-10-16-17-14(19)9-18/h1-4,10H,5-9H2. The molecule has 1 aliphatic rings. The van der Waals surface area contributed by atoms with Crippen molar-refractivity contribution in [2.75, 3.05) is 13.1 Å². The van der Waals surface area contributed by atoms with Crippen molar-refractivity contribution in [2.24, 2.45) is 0 Å². The van der Waals surface area contributed by atoms with Crippen molar-refractivity contribution in [3.8, 4) is 0 Å². The van der Waals surface area contributed by atoms with Crippen LogP contribution >= 0.6 is 0 Å². The van der Waals surface area contributed by atoms with E-state index in [2.05, 4.69) is 15.1 Å². The molecule has 20 heavy (non-hydrogen) atoms. The number of carbonyl (C=O) groups excluding carboxylic acids is 1. The zero-order valence-corrected chi connectivity index (χ0v) is 11.0. The summed E-state index contributed by atoms with van der Waals surface area (Å²) in [6.07, 6.45) is 2.16. The number of benzene rings is 1. The molecular weight excluding hydrogens is 259 g/mol. The zero-order chi connectivity index (χ0) is 13.9. The molecule has 2 heterocycles. The van der Waals surface area contributed by atoms with Gasteiger partial charge in [0, 0.05) is 31.6 Å². The topological polar surface area (TPSA) is 51.0 Å². The molecule has 104 valence electrons. The smallest absolute Gasteiger partial charge is 0.164 e. The van der Waals surface area contributed by atoms with Gasteiger partial charge in [-0.25, -0.2) is 4.39 Å². The van der Waals surface area contributed by atoms with E-state index in [4.69, 9.17) is 0 Å². The predicted octanol–water partition coefficient (Wildman–Crippen LogP) is 1.51. The van der Waals surface area contributed by atoms with Gasteiger partial charge in [-0.3, -0.25) is 9.69 Å². The van der Waals surface area contributed by atoms with E-state index in [1.807, 2.05) is 4.57 Å². The van der Waals surface area contributed by atoms with Crippen LogP contribution in [0.2, 0.25) is 0 Å². The van der Waals surface area contributed by atoms with E-state index >= 15 is 0 Å². The molecular formula is C14H15FN4O. The van der Waals surface area contributed by atoms with Gasteiger partial charge in [0.1, 0.15) is 18.0 Å². The number of carbonyl (C=O) groups is 1. The third kappa shape index (κ3) is 2.75. The Labute approximate surface area is 116 Å². The Balaban J connectivity index is 1.55. The number of nitrogens with zero attached hydrogens (tertiary/aromatic N) is 4. The van der Waals surface area contributed by atoms with E-state index in [1.165, 1.54) is 24.3 Å². The van der Waals surface area contributed by atoms with E-state index in [0.717, 1.165) is 25.5 Å². The molecule has 1 aliphatic heterocycles. The molecule has 0 saturated carbocycles. The maximum atomic E-state index is 12.8. The molecule has 0 radical (unpaired) electrons. The third-order valence-electron chi connectivity index (χ3n) is 3.54. The maximum absolute atomic E-state index is 12.8. The Hall–Kier alpha value is -2.08. The molecule has 0 fully saturated rings. The van der Waals surface area contributed by atoms with Crippen molar-refractivity contribution >= 4 is 5.78 Å². The highest BCUT2D eigenvalue weighted by atomic mass is 19.1. The second-order valence-corrected chi connectivity index (χ2v) is 4.90. The largest absolute Gasteiger partial charge is 0.315 e. The monoisotopic (exact) mass is 274 g/mol. The molecule has 0 bridgehead atoms. The van der Waals surface area contributed by atoms with Gasteiger partial charge >= 0.3 is 0 Å². The number of Topliss-reactive ketones (excluding diaryl/α,β-unsaturated/α-hetero) is 1. The van der Waals surface area contributed by atoms with Crippen molar-refractivity contribution < 1.29 is 9.18 Å². The molecule has 2 aromatic rings. The normalized spacial score (nSPS) is 15.1. The Kier molecular flexibility index (Phi) is 3.56. The summed E-state index contributed by atoms with van der Waals surface area (Å²) < 4.78 is 14.8. The molecule has 0 spiro atoms. The zero-order valence-electron chi connectivity index (χ0n) is 11.0. The van der Waals surface area contributed by atoms with Crippen molar-refractivity contribution in [1.29, 1.82) is 0 Å². The molecule has 0 unspecified atom stereocenters. The van der Waals surface area contributed by atoms with Crippen LogP contribution < -0.4 is 0 Å². The fourth-order valence-electron chi connectivity index (χ4n) is 2.35. The molecule has 0 N–H and O–H groups in total. The first-order valence-electron chi connectivity index (χ1n) is 6.60. The van der Waals surface area contributed by atoms with Crippen LogP contribution in [0.4, 0.5) is 4.39 Å². The summed E-state index contributed by atoms with van der Waals surface area (Å²) in [7, 11) is 0. The molecule has 0 amide bonds. The number of aromatic nitrogens is 3. The molecule has 0 atom stereocenters. The molecule has 1 aromatic carbocycles. The molecule has 0 saturated heterocycles. The Morgan fingerprint density at radius 1 is 1.25 bits per heavy atom. The van der Waals surface area contributed by atoms with Crippen LogP contribution in [0.25, 0.3) is 0 Å². The first kappa shape index (κ1) is 12.9. The van der Waals surface area contributed by atoms with Crippen LogP contribution in [0.3, 0.4) is 0 Å². The minimum Gasteiger partial charge on any atom is -0.315 e. The summed E-state index contributed by atoms with van der Waals surface area (Å²) in [6, 6.07) is 5.70. The minimum atomic E-state index is -0.322. The first-order chi connectivity index (χ1) is 9.72. The quantitative estimate of drug-likeness (QED) is 0.793. The van der Waals surface area contributed by atoms with Gasteiger partial charge in [-0.15, -0.1) is 10.2 Å². The molecule has 1 aromatic heterocycles. The van der Waals surface area contributed by atoms with Crippen LogP contribution in [-0.4, -0.2) is 38.5 Å². The summed E-state index contributed by atoms with van der Waals surface area (Å²) in [5.74, 6) is 0.652. The number of hydrogen-bond donors (Lipinski definition) is 0. The van der Waals surface area contributed by atoms with Gasteiger partial charge in [0.05, 0.1) is 6.54 Å². The third-order valence-corrected chi connectivity index (χ3v) is 3.54. The predicted molar refractivity (Wildman–Crippen MR) is 70.6 cm³/mol. The van der Waals surface area contributed by atoms with E-state index in [0.29, 0.717) is 18.5 Å². The number of ketones is 1. The van der Waals surface area contributed by atoms with Crippen LogP contribution in [0.1, 0.15) is 22.6 Å². The molecule has 0 aliphatic carbocycles. The van der Waals surface area contributed by atoms with Gasteiger partial charge in [0.15, 0.2) is 5.78 Å². The Morgan fingerprint density at radius 2 is 2.05 bits per heavy atom. The van der Waals surface area contributed by atoms with Gasteiger partial charge in [-0.1, -0.05) is 0 Å². The first-order valence-corrected chi connectivity index (χ1v) is 6.60. The SMILES string of the molecule is O=C(CCN1CCn2cnnc2C1)c1ccc(F)cc1. The lowest BCUT2D eigenvalue weighted by molar-refractivity contribution is 0.0955. The fraction of sp³-hybridized carbons (Fsp3) is 0.357. The summed E-state index contributed by atoms with van der Waals surface area (Å²) in [5, 5.41) is 7.92. The van der Waals surface area contributed by atoms with Crippen LogP contribution in [0, 0.1) is 5.82 Å². The van der Waals surface area contributed by atoms with Crippen molar-refractivity contribution in [3.63, 3.8) is 0 Å². The lowest BCUT2D eigenvalue weighted by Crippen LogP contribution is -2.35. The number of fused-ring (bicyclic) bond motifs is 1. The van der Waals surface area contributed by atoms with Gasteiger partial charge < -0.3 is 4.57 Å². The summed E-state index contributed by atoms with van der Waals surface area (Å²) >= 11 is 0. The number of hydrogen-bond acceptors (Lipinski definition) is 4. The highest BCUT2D eigenvalue weighted by Gasteiger charge is 2.18. The van der Waals surface area contributed by atoms with Gasteiger partial charge in [0.2, 0.25) is 0 Å². The fourth-order valence-corrected chi connectivity index (χ4v) is 2.35. The van der Waals surface area contributed by atoms with Crippen LogP contribution in [0.5, 0.6) is 0 Å². The lowest BCUT2D eigenvalue weighted by Gasteiger charge is -2.26. The van der Waals surface area contributed by atoms with E-state index in [1.54, 1.807) is 6.33 Å². The molecule has 5 nitrogen and oxygen atoms in total. The van der Waals surface area contributed by atoms with Crippen LogP contribution in [-0.2, 0) is 13.1 Å². The van der Waals surface area contributed by atoms with E-state index in [9.17, 15) is 9.18 Å². The summed E-state index contributed by atoms with van der Waals surface area (Å²) in [4.78, 5) is 14.2. The number of halogens is 1. The van der Waals surface area contributed by atoms with E-state index in [-0.39, 0.29) is 11.6 Å². The average molecular weight is 274 g/mol. The lowest BCUT2D eigenvalue weighted by atomic mass is 10.1. The minimum absolute atomic E-state index is 0.0389. The second-order valence-electron chi connectivity index (χ2n) is 4.90. The van der Waals surface area contributed by atoms with Crippen molar-refractivity contribution in [1.82, 2.24) is 19.7 Å². The average Bonchev–Trinajstić information content (AvgIpc) is 2.93. The van der Waals surface area contributed by atoms with Gasteiger partial charge in [-0.2, -0.15) is 0 Å². The van der Waals surface area contributed by atoms with Gasteiger partial charge in [-0.05, 0) is 24.3 Å². The van der Waals surface area contributed by atoms with Crippen molar-refractivity contribution in [2.45, 2.75) is 19.5 Å². The maximum Gasteiger partial charge on any atom is 0.164 e. The van der Waals surface area contributed by atoms with Crippen LogP contribution in [0.15, 0.2) is 30.6 Å². The Morgan fingerprint density at radius 3 is 2.85 bits per heavy atom. The molecule has 6 heteroatoms. The number of rotatable bonds is 4. The van der Waals surface area contributed by atoms with E-state index < -0.39 is 0 Å². The highest BCUT2D eigenvalue weighted by Crippen LogP contribution is 2.11. The Bertz CT molecular complexity index is 608. The summed E-state index contributed by atoms with van der Waals surface area (Å²) in [5.41, 5.74) is 0.562. The highest BCUT2D eigenvalue weighted by molar-refractivity contribution is 5.96. The second kappa shape index (κ2) is 5.50. The molecule has 3 rings (SSSR count). The van der Waals surface area contributed by atoms with Gasteiger partial charge in [0.25, 0.3) is 0 Å². The summed E-state index contributed by atoms with van der Waals surface area (Å²) in [6.45, 7) is 3.15.